The van der Waals surface area contributed by atoms with Gasteiger partial charge in [-0.25, -0.2) is 8.42 Å². The van der Waals surface area contributed by atoms with Crippen LogP contribution in [0.15, 0.2) is 42.5 Å². The van der Waals surface area contributed by atoms with Crippen molar-refractivity contribution in [2.75, 3.05) is 17.1 Å². The molecule has 1 N–H and O–H groups in total. The van der Waals surface area contributed by atoms with Gasteiger partial charge in [0.2, 0.25) is 10.0 Å². The maximum Gasteiger partial charge on any atom is 0.263 e. The van der Waals surface area contributed by atoms with Crippen LogP contribution in [0.3, 0.4) is 0 Å². The molecule has 0 fully saturated rings. The average molecular weight is 403 g/mol. The molecule has 3 rings (SSSR count). The molecular formula is C21H26N2O4S. The quantitative estimate of drug-likeness (QED) is 0.806. The van der Waals surface area contributed by atoms with Gasteiger partial charge >= 0.3 is 0 Å². The number of amides is 1. The summed E-state index contributed by atoms with van der Waals surface area (Å²) in [6.45, 7) is 4.52. The van der Waals surface area contributed by atoms with Crippen LogP contribution in [0.25, 0.3) is 0 Å². The van der Waals surface area contributed by atoms with Gasteiger partial charge in [0.05, 0.1) is 18.5 Å². The second-order valence-corrected chi connectivity index (χ2v) is 8.80. The summed E-state index contributed by atoms with van der Waals surface area (Å²) in [4.78, 5) is 12.8. The second-order valence-electron chi connectivity index (χ2n) is 6.90. The zero-order valence-electron chi connectivity index (χ0n) is 16.4. The number of aryl methyl sites for hydroxylation is 2. The fourth-order valence-electron chi connectivity index (χ4n) is 3.36. The van der Waals surface area contributed by atoms with Crippen LogP contribution in [0.1, 0.15) is 30.5 Å². The lowest BCUT2D eigenvalue weighted by Gasteiger charge is -2.33. The van der Waals surface area contributed by atoms with E-state index in [-0.39, 0.29) is 12.5 Å². The molecule has 0 radical (unpaired) electrons. The number of carbonyl (C=O) groups excluding carboxylic acids is 1. The SMILES string of the molecule is CCc1ccc(CC)c(CNC(=O)[C@H]2CN(S(C)(=O)=O)c3ccccc3O2)c1. The minimum atomic E-state index is -3.52. The van der Waals surface area contributed by atoms with Gasteiger partial charge in [-0.05, 0) is 41.7 Å². The number of carbonyl (C=O) groups is 1. The normalized spacial score (nSPS) is 16.2. The predicted octanol–water partition coefficient (Wildman–Crippen LogP) is 2.65. The summed E-state index contributed by atoms with van der Waals surface area (Å²) in [5.41, 5.74) is 3.93. The van der Waals surface area contributed by atoms with Crippen LogP contribution in [-0.4, -0.2) is 33.2 Å². The lowest BCUT2D eigenvalue weighted by atomic mass is 10.0. The van der Waals surface area contributed by atoms with Crippen molar-refractivity contribution in [2.24, 2.45) is 0 Å². The van der Waals surface area contributed by atoms with E-state index in [0.717, 1.165) is 24.7 Å². The van der Waals surface area contributed by atoms with Crippen LogP contribution < -0.4 is 14.4 Å². The van der Waals surface area contributed by atoms with Crippen molar-refractivity contribution in [1.29, 1.82) is 0 Å². The van der Waals surface area contributed by atoms with Crippen LogP contribution in [-0.2, 0) is 34.2 Å². The Kier molecular flexibility index (Phi) is 5.93. The van der Waals surface area contributed by atoms with E-state index in [2.05, 4.69) is 37.4 Å². The molecule has 1 amide bonds. The lowest BCUT2D eigenvalue weighted by Crippen LogP contribution is -2.50. The molecule has 1 aliphatic heterocycles. The number of para-hydroxylation sites is 2. The van der Waals surface area contributed by atoms with Gasteiger partial charge in [-0.3, -0.25) is 9.10 Å². The standard InChI is InChI=1S/C21H26N2O4S/c1-4-15-10-11-16(5-2)17(12-15)13-22-21(24)20-14-23(28(3,25)26)18-8-6-7-9-19(18)27-20/h6-12,20H,4-5,13-14H2,1-3H3,(H,22,24)/t20-/m1/s1. The Balaban J connectivity index is 1.77. The first kappa shape index (κ1) is 20.2. The molecular weight excluding hydrogens is 376 g/mol. The van der Waals surface area contributed by atoms with Crippen LogP contribution in [0.4, 0.5) is 5.69 Å². The van der Waals surface area contributed by atoms with E-state index in [4.69, 9.17) is 4.74 Å². The second kappa shape index (κ2) is 8.22. The largest absolute Gasteiger partial charge is 0.476 e. The number of hydrogen-bond acceptors (Lipinski definition) is 4. The summed E-state index contributed by atoms with van der Waals surface area (Å²) >= 11 is 0. The predicted molar refractivity (Wildman–Crippen MR) is 110 cm³/mol. The van der Waals surface area contributed by atoms with Crippen molar-refractivity contribution in [3.05, 3.63) is 59.2 Å². The first-order chi connectivity index (χ1) is 13.3. The molecule has 150 valence electrons. The highest BCUT2D eigenvalue weighted by atomic mass is 32.2. The van der Waals surface area contributed by atoms with E-state index in [1.54, 1.807) is 24.3 Å². The van der Waals surface area contributed by atoms with E-state index >= 15 is 0 Å². The van der Waals surface area contributed by atoms with Crippen molar-refractivity contribution >= 4 is 21.6 Å². The summed E-state index contributed by atoms with van der Waals surface area (Å²) in [6, 6.07) is 13.2. The third-order valence-electron chi connectivity index (χ3n) is 4.94. The maximum absolute atomic E-state index is 12.8. The highest BCUT2D eigenvalue weighted by Crippen LogP contribution is 2.34. The first-order valence-electron chi connectivity index (χ1n) is 9.45. The summed E-state index contributed by atoms with van der Waals surface area (Å²) in [5, 5.41) is 2.91. The number of ether oxygens (including phenoxy) is 1. The summed E-state index contributed by atoms with van der Waals surface area (Å²) < 4.78 is 31.4. The molecule has 2 aromatic rings. The molecule has 0 spiro atoms. The minimum absolute atomic E-state index is 0.0443. The van der Waals surface area contributed by atoms with Crippen molar-refractivity contribution in [3.8, 4) is 5.75 Å². The van der Waals surface area contributed by atoms with Crippen molar-refractivity contribution in [2.45, 2.75) is 39.3 Å². The Bertz CT molecular complexity index is 972. The number of nitrogens with zero attached hydrogens (tertiary/aromatic N) is 1. The van der Waals surface area contributed by atoms with Crippen molar-refractivity contribution in [1.82, 2.24) is 5.32 Å². The van der Waals surface area contributed by atoms with Gasteiger partial charge in [-0.2, -0.15) is 0 Å². The van der Waals surface area contributed by atoms with E-state index in [9.17, 15) is 13.2 Å². The Labute approximate surface area is 166 Å². The lowest BCUT2D eigenvalue weighted by molar-refractivity contribution is -0.127. The third-order valence-corrected chi connectivity index (χ3v) is 6.09. The zero-order valence-corrected chi connectivity index (χ0v) is 17.3. The van der Waals surface area contributed by atoms with E-state index in [1.807, 2.05) is 0 Å². The number of rotatable bonds is 6. The Morgan fingerprint density at radius 1 is 1.14 bits per heavy atom. The molecule has 0 aliphatic carbocycles. The number of nitrogens with one attached hydrogen (secondary N) is 1. The van der Waals surface area contributed by atoms with Gasteiger partial charge < -0.3 is 10.1 Å². The number of hydrogen-bond donors (Lipinski definition) is 1. The van der Waals surface area contributed by atoms with Gasteiger partial charge in [-0.15, -0.1) is 0 Å². The molecule has 0 bridgehead atoms. The van der Waals surface area contributed by atoms with Crippen molar-refractivity contribution in [3.63, 3.8) is 0 Å². The fourth-order valence-corrected chi connectivity index (χ4v) is 4.27. The summed E-state index contributed by atoms with van der Waals surface area (Å²) in [6.07, 6.45) is 2.04. The van der Waals surface area contributed by atoms with Gasteiger partial charge in [0, 0.05) is 6.54 Å². The zero-order chi connectivity index (χ0) is 20.3. The maximum atomic E-state index is 12.8. The molecule has 2 aromatic carbocycles. The minimum Gasteiger partial charge on any atom is -0.476 e. The first-order valence-corrected chi connectivity index (χ1v) is 11.3. The molecule has 0 saturated carbocycles. The number of anilines is 1. The van der Waals surface area contributed by atoms with Gasteiger partial charge in [-0.1, -0.05) is 44.2 Å². The summed E-state index contributed by atoms with van der Waals surface area (Å²) in [5.74, 6) is 0.0636. The van der Waals surface area contributed by atoms with E-state index < -0.39 is 16.1 Å². The highest BCUT2D eigenvalue weighted by Gasteiger charge is 2.34. The molecule has 1 aliphatic rings. The third kappa shape index (κ3) is 4.30. The summed E-state index contributed by atoms with van der Waals surface area (Å²) in [7, 11) is -3.52. The van der Waals surface area contributed by atoms with Crippen LogP contribution in [0, 0.1) is 0 Å². The fraction of sp³-hybridized carbons (Fsp3) is 0.381. The molecule has 7 heteroatoms. The monoisotopic (exact) mass is 402 g/mol. The molecule has 6 nitrogen and oxygen atoms in total. The number of fused-ring (bicyclic) bond motifs is 1. The van der Waals surface area contributed by atoms with Crippen LogP contribution in [0.2, 0.25) is 0 Å². The smallest absolute Gasteiger partial charge is 0.263 e. The molecule has 1 heterocycles. The van der Waals surface area contributed by atoms with Crippen molar-refractivity contribution < 1.29 is 17.9 Å². The van der Waals surface area contributed by atoms with Crippen LogP contribution in [0.5, 0.6) is 5.75 Å². The Morgan fingerprint density at radius 2 is 1.89 bits per heavy atom. The van der Waals surface area contributed by atoms with Crippen LogP contribution >= 0.6 is 0 Å². The molecule has 0 aromatic heterocycles. The number of benzene rings is 2. The van der Waals surface area contributed by atoms with Gasteiger partial charge in [0.25, 0.3) is 5.91 Å². The molecule has 1 atom stereocenters. The highest BCUT2D eigenvalue weighted by molar-refractivity contribution is 7.92. The van der Waals surface area contributed by atoms with Gasteiger partial charge in [0.15, 0.2) is 6.10 Å². The Hall–Kier alpha value is -2.54. The average Bonchev–Trinajstić information content (AvgIpc) is 2.70. The molecule has 0 unspecified atom stereocenters. The van der Waals surface area contributed by atoms with E-state index in [0.29, 0.717) is 18.0 Å². The Morgan fingerprint density at radius 3 is 2.57 bits per heavy atom. The molecule has 28 heavy (non-hydrogen) atoms. The van der Waals surface area contributed by atoms with Gasteiger partial charge in [0.1, 0.15) is 5.75 Å². The molecule has 0 saturated heterocycles. The topological polar surface area (TPSA) is 75.7 Å². The number of sulfonamides is 1. The van der Waals surface area contributed by atoms with E-state index in [1.165, 1.54) is 15.4 Å².